The van der Waals surface area contributed by atoms with Gasteiger partial charge in [-0.25, -0.2) is 0 Å². The van der Waals surface area contributed by atoms with Crippen LogP contribution in [0.4, 0.5) is 11.4 Å². The van der Waals surface area contributed by atoms with Crippen LogP contribution in [0.1, 0.15) is 12.0 Å². The van der Waals surface area contributed by atoms with Crippen molar-refractivity contribution in [3.05, 3.63) is 23.8 Å². The topological polar surface area (TPSA) is 58.4 Å². The maximum Gasteiger partial charge on any atom is 0.221 e. The minimum Gasteiger partial charge on any atom is -0.398 e. The molecule has 2 rings (SSSR count). The van der Waals surface area contributed by atoms with Crippen LogP contribution in [0.2, 0.25) is 0 Å². The van der Waals surface area contributed by atoms with Gasteiger partial charge in [0.1, 0.15) is 0 Å². The molecule has 1 aliphatic rings. The van der Waals surface area contributed by atoms with E-state index in [1.807, 2.05) is 19.1 Å². The third kappa shape index (κ3) is 2.27. The van der Waals surface area contributed by atoms with Crippen molar-refractivity contribution in [3.63, 3.8) is 0 Å². The number of amides is 1. The Labute approximate surface area is 95.4 Å². The first kappa shape index (κ1) is 10.8. The molecule has 86 valence electrons. The summed E-state index contributed by atoms with van der Waals surface area (Å²) in [7, 11) is 0. The third-order valence-corrected chi connectivity index (χ3v) is 2.94. The molecule has 0 aliphatic carbocycles. The van der Waals surface area contributed by atoms with Gasteiger partial charge in [-0.3, -0.25) is 4.79 Å². The van der Waals surface area contributed by atoms with E-state index in [9.17, 15) is 4.79 Å². The molecule has 0 radical (unpaired) electrons. The number of carbonyl (C=O) groups is 1. The minimum absolute atomic E-state index is 0.127. The zero-order valence-corrected chi connectivity index (χ0v) is 9.49. The van der Waals surface area contributed by atoms with Crippen molar-refractivity contribution < 1.29 is 4.79 Å². The van der Waals surface area contributed by atoms with E-state index in [2.05, 4.69) is 16.3 Å². The van der Waals surface area contributed by atoms with E-state index in [4.69, 9.17) is 5.73 Å². The summed E-state index contributed by atoms with van der Waals surface area (Å²) >= 11 is 0. The molecule has 1 saturated heterocycles. The number of carbonyl (C=O) groups excluding carboxylic acids is 1. The molecule has 4 nitrogen and oxygen atoms in total. The van der Waals surface area contributed by atoms with E-state index in [1.54, 1.807) is 0 Å². The summed E-state index contributed by atoms with van der Waals surface area (Å²) in [5, 5.41) is 2.86. The molecular formula is C12H17N3O. The first-order chi connectivity index (χ1) is 7.66. The Balaban J connectivity index is 2.16. The predicted molar refractivity (Wildman–Crippen MR) is 65.4 cm³/mol. The summed E-state index contributed by atoms with van der Waals surface area (Å²) in [6, 6.07) is 6.05. The molecular weight excluding hydrogens is 202 g/mol. The zero-order chi connectivity index (χ0) is 11.5. The molecule has 1 aromatic rings. The smallest absolute Gasteiger partial charge is 0.221 e. The number of hydrogen-bond donors (Lipinski definition) is 2. The lowest BCUT2D eigenvalue weighted by Crippen LogP contribution is -2.28. The molecule has 0 spiro atoms. The van der Waals surface area contributed by atoms with Gasteiger partial charge in [-0.15, -0.1) is 0 Å². The molecule has 1 heterocycles. The summed E-state index contributed by atoms with van der Waals surface area (Å²) < 4.78 is 0. The number of benzene rings is 1. The fourth-order valence-electron chi connectivity index (χ4n) is 1.85. The standard InChI is InChI=1S/C12H17N3O/c1-9-2-3-10(8-11(9)13)15-6-4-12(16)14-5-7-15/h2-3,8H,4-7,13H2,1H3,(H,14,16). The highest BCUT2D eigenvalue weighted by atomic mass is 16.1. The number of hydrogen-bond acceptors (Lipinski definition) is 3. The number of nitrogen functional groups attached to an aromatic ring is 1. The molecule has 0 atom stereocenters. The monoisotopic (exact) mass is 219 g/mol. The van der Waals surface area contributed by atoms with Crippen LogP contribution in [0.3, 0.4) is 0 Å². The van der Waals surface area contributed by atoms with E-state index in [0.717, 1.165) is 30.0 Å². The number of nitrogens with zero attached hydrogens (tertiary/aromatic N) is 1. The molecule has 1 amide bonds. The van der Waals surface area contributed by atoms with Crippen LogP contribution in [0.5, 0.6) is 0 Å². The highest BCUT2D eigenvalue weighted by Crippen LogP contribution is 2.21. The van der Waals surface area contributed by atoms with Crippen molar-refractivity contribution in [2.45, 2.75) is 13.3 Å². The van der Waals surface area contributed by atoms with Crippen molar-refractivity contribution in [2.75, 3.05) is 30.3 Å². The average molecular weight is 219 g/mol. The fraction of sp³-hybridized carbons (Fsp3) is 0.417. The van der Waals surface area contributed by atoms with Gasteiger partial charge < -0.3 is 16.0 Å². The van der Waals surface area contributed by atoms with Gasteiger partial charge >= 0.3 is 0 Å². The normalized spacial score (nSPS) is 16.8. The second-order valence-electron chi connectivity index (χ2n) is 4.13. The summed E-state index contributed by atoms with van der Waals surface area (Å²) in [6.45, 7) is 4.29. The maximum absolute atomic E-state index is 11.2. The number of nitrogens with one attached hydrogen (secondary N) is 1. The first-order valence-corrected chi connectivity index (χ1v) is 5.54. The van der Waals surface area contributed by atoms with E-state index in [-0.39, 0.29) is 5.91 Å². The summed E-state index contributed by atoms with van der Waals surface area (Å²) in [5.74, 6) is 0.127. The number of aryl methyl sites for hydroxylation is 1. The SMILES string of the molecule is Cc1ccc(N2CCNC(=O)CC2)cc1N. The Kier molecular flexibility index (Phi) is 2.99. The van der Waals surface area contributed by atoms with Gasteiger partial charge in [0.25, 0.3) is 0 Å². The van der Waals surface area contributed by atoms with Gasteiger partial charge in [0.2, 0.25) is 5.91 Å². The lowest BCUT2D eigenvalue weighted by Gasteiger charge is -2.22. The Morgan fingerprint density at radius 2 is 2.19 bits per heavy atom. The molecule has 1 aliphatic heterocycles. The lowest BCUT2D eigenvalue weighted by atomic mass is 10.1. The molecule has 16 heavy (non-hydrogen) atoms. The number of nitrogens with two attached hydrogens (primary N) is 1. The van der Waals surface area contributed by atoms with Crippen LogP contribution in [0, 0.1) is 6.92 Å². The van der Waals surface area contributed by atoms with Crippen molar-refractivity contribution in [2.24, 2.45) is 0 Å². The van der Waals surface area contributed by atoms with Crippen LogP contribution >= 0.6 is 0 Å². The lowest BCUT2D eigenvalue weighted by molar-refractivity contribution is -0.120. The quantitative estimate of drug-likeness (QED) is 0.690. The number of anilines is 2. The largest absolute Gasteiger partial charge is 0.398 e. The van der Waals surface area contributed by atoms with Crippen LogP contribution in [-0.4, -0.2) is 25.5 Å². The number of rotatable bonds is 1. The molecule has 0 bridgehead atoms. The minimum atomic E-state index is 0.127. The highest BCUT2D eigenvalue weighted by molar-refractivity contribution is 5.77. The van der Waals surface area contributed by atoms with Crippen molar-refractivity contribution in [1.29, 1.82) is 0 Å². The van der Waals surface area contributed by atoms with Gasteiger partial charge in [0, 0.05) is 37.4 Å². The van der Waals surface area contributed by atoms with Crippen LogP contribution in [0.15, 0.2) is 18.2 Å². The molecule has 1 aromatic carbocycles. The predicted octanol–water partition coefficient (Wildman–Crippen LogP) is 0.904. The van der Waals surface area contributed by atoms with Gasteiger partial charge in [-0.05, 0) is 24.6 Å². The second kappa shape index (κ2) is 4.43. The van der Waals surface area contributed by atoms with E-state index in [1.165, 1.54) is 0 Å². The van der Waals surface area contributed by atoms with Crippen molar-refractivity contribution >= 4 is 17.3 Å². The average Bonchev–Trinajstić information content (AvgIpc) is 2.47. The highest BCUT2D eigenvalue weighted by Gasteiger charge is 2.13. The Morgan fingerprint density at radius 1 is 1.38 bits per heavy atom. The fourth-order valence-corrected chi connectivity index (χ4v) is 1.85. The van der Waals surface area contributed by atoms with Gasteiger partial charge in [-0.1, -0.05) is 6.07 Å². The Morgan fingerprint density at radius 3 is 2.94 bits per heavy atom. The zero-order valence-electron chi connectivity index (χ0n) is 9.49. The molecule has 0 unspecified atom stereocenters. The van der Waals surface area contributed by atoms with Gasteiger partial charge in [0.15, 0.2) is 0 Å². The summed E-state index contributed by atoms with van der Waals surface area (Å²) in [6.07, 6.45) is 0.549. The molecule has 0 saturated carbocycles. The van der Waals surface area contributed by atoms with E-state index in [0.29, 0.717) is 13.0 Å². The molecule has 0 aromatic heterocycles. The van der Waals surface area contributed by atoms with Crippen molar-refractivity contribution in [3.8, 4) is 0 Å². The first-order valence-electron chi connectivity index (χ1n) is 5.54. The van der Waals surface area contributed by atoms with Crippen LogP contribution < -0.4 is 16.0 Å². The van der Waals surface area contributed by atoms with Crippen LogP contribution in [-0.2, 0) is 4.79 Å². The summed E-state index contributed by atoms with van der Waals surface area (Å²) in [4.78, 5) is 13.4. The van der Waals surface area contributed by atoms with Gasteiger partial charge in [0.05, 0.1) is 0 Å². The molecule has 3 N–H and O–H groups in total. The van der Waals surface area contributed by atoms with Crippen molar-refractivity contribution in [1.82, 2.24) is 5.32 Å². The van der Waals surface area contributed by atoms with E-state index >= 15 is 0 Å². The second-order valence-corrected chi connectivity index (χ2v) is 4.13. The van der Waals surface area contributed by atoms with Gasteiger partial charge in [-0.2, -0.15) is 0 Å². The van der Waals surface area contributed by atoms with E-state index < -0.39 is 0 Å². The Hall–Kier alpha value is -1.71. The maximum atomic E-state index is 11.2. The third-order valence-electron chi connectivity index (χ3n) is 2.94. The Bertz CT molecular complexity index is 403. The molecule has 4 heteroatoms. The van der Waals surface area contributed by atoms with Crippen LogP contribution in [0.25, 0.3) is 0 Å². The molecule has 1 fully saturated rings. The summed E-state index contributed by atoms with van der Waals surface area (Å²) in [5.41, 5.74) is 8.88.